The molecule has 22 heavy (non-hydrogen) atoms. The predicted octanol–water partition coefficient (Wildman–Crippen LogP) is 3.28. The van der Waals surface area contributed by atoms with Crippen LogP contribution in [0, 0.1) is 9.39 Å². The molecule has 0 saturated heterocycles. The van der Waals surface area contributed by atoms with Gasteiger partial charge in [0.15, 0.2) is 0 Å². The normalized spacial score (nSPS) is 11.8. The third-order valence-electron chi connectivity index (χ3n) is 2.93. The molecule has 6 heteroatoms. The Morgan fingerprint density at radius 3 is 2.68 bits per heavy atom. The number of benzene rings is 2. The SMILES string of the molecule is C[C@@H](O)CNC(=O)c1ccccc1Nc1ccc(I)cc1F. The van der Waals surface area contributed by atoms with Gasteiger partial charge >= 0.3 is 0 Å². The number of rotatable bonds is 5. The van der Waals surface area contributed by atoms with Crippen molar-refractivity contribution in [3.05, 3.63) is 57.4 Å². The number of amides is 1. The second-order valence-electron chi connectivity index (χ2n) is 4.85. The summed E-state index contributed by atoms with van der Waals surface area (Å²) in [5.74, 6) is -0.707. The third kappa shape index (κ3) is 4.41. The Labute approximate surface area is 141 Å². The number of anilines is 2. The van der Waals surface area contributed by atoms with Crippen LogP contribution in [0.4, 0.5) is 15.8 Å². The van der Waals surface area contributed by atoms with E-state index >= 15 is 0 Å². The second kappa shape index (κ2) is 7.55. The largest absolute Gasteiger partial charge is 0.392 e. The summed E-state index contributed by atoms with van der Waals surface area (Å²) in [5.41, 5.74) is 1.20. The zero-order valence-corrected chi connectivity index (χ0v) is 14.1. The molecule has 1 atom stereocenters. The topological polar surface area (TPSA) is 61.4 Å². The second-order valence-corrected chi connectivity index (χ2v) is 6.10. The monoisotopic (exact) mass is 414 g/mol. The van der Waals surface area contributed by atoms with Crippen LogP contribution in [0.25, 0.3) is 0 Å². The maximum absolute atomic E-state index is 13.9. The Kier molecular flexibility index (Phi) is 5.73. The van der Waals surface area contributed by atoms with E-state index in [-0.39, 0.29) is 18.3 Å². The summed E-state index contributed by atoms with van der Waals surface area (Å²) >= 11 is 2.03. The van der Waals surface area contributed by atoms with Gasteiger partial charge in [0, 0.05) is 10.1 Å². The van der Waals surface area contributed by atoms with Crippen molar-refractivity contribution in [3.8, 4) is 0 Å². The highest BCUT2D eigenvalue weighted by Gasteiger charge is 2.12. The van der Waals surface area contributed by atoms with Crippen molar-refractivity contribution < 1.29 is 14.3 Å². The average Bonchev–Trinajstić information content (AvgIpc) is 2.48. The summed E-state index contributed by atoms with van der Waals surface area (Å²) in [6.45, 7) is 1.75. The fraction of sp³-hybridized carbons (Fsp3) is 0.188. The third-order valence-corrected chi connectivity index (χ3v) is 3.60. The van der Waals surface area contributed by atoms with Crippen molar-refractivity contribution in [2.75, 3.05) is 11.9 Å². The minimum atomic E-state index is -0.627. The summed E-state index contributed by atoms with van der Waals surface area (Å²) in [7, 11) is 0. The van der Waals surface area contributed by atoms with Crippen LogP contribution in [0.15, 0.2) is 42.5 Å². The lowest BCUT2D eigenvalue weighted by Crippen LogP contribution is -2.30. The van der Waals surface area contributed by atoms with E-state index < -0.39 is 6.10 Å². The molecule has 3 N–H and O–H groups in total. The highest BCUT2D eigenvalue weighted by atomic mass is 127. The van der Waals surface area contributed by atoms with E-state index in [2.05, 4.69) is 10.6 Å². The first-order valence-electron chi connectivity index (χ1n) is 6.74. The molecule has 0 fully saturated rings. The van der Waals surface area contributed by atoms with Gasteiger partial charge in [-0.1, -0.05) is 12.1 Å². The quantitative estimate of drug-likeness (QED) is 0.659. The molecule has 0 aliphatic rings. The molecule has 0 aromatic heterocycles. The van der Waals surface area contributed by atoms with Gasteiger partial charge in [0.25, 0.3) is 5.91 Å². The van der Waals surface area contributed by atoms with Crippen molar-refractivity contribution in [1.82, 2.24) is 5.32 Å². The summed E-state index contributed by atoms with van der Waals surface area (Å²) in [4.78, 5) is 12.1. The van der Waals surface area contributed by atoms with E-state index in [9.17, 15) is 14.3 Å². The molecule has 0 aliphatic heterocycles. The molecule has 116 valence electrons. The first-order chi connectivity index (χ1) is 10.5. The minimum Gasteiger partial charge on any atom is -0.392 e. The highest BCUT2D eigenvalue weighted by Crippen LogP contribution is 2.24. The molecule has 0 unspecified atom stereocenters. The number of hydrogen-bond acceptors (Lipinski definition) is 3. The van der Waals surface area contributed by atoms with Crippen LogP contribution in [-0.4, -0.2) is 23.7 Å². The molecule has 2 aromatic rings. The summed E-state index contributed by atoms with van der Waals surface area (Å²) in [6.07, 6.45) is -0.627. The minimum absolute atomic E-state index is 0.158. The molecule has 0 radical (unpaired) electrons. The molecule has 0 heterocycles. The van der Waals surface area contributed by atoms with Gasteiger partial charge in [-0.2, -0.15) is 0 Å². The Morgan fingerprint density at radius 1 is 1.27 bits per heavy atom. The van der Waals surface area contributed by atoms with Gasteiger partial charge < -0.3 is 15.7 Å². The number of aliphatic hydroxyl groups excluding tert-OH is 1. The maximum atomic E-state index is 13.9. The van der Waals surface area contributed by atoms with E-state index in [4.69, 9.17) is 0 Å². The molecule has 0 saturated carbocycles. The lowest BCUT2D eigenvalue weighted by molar-refractivity contribution is 0.0925. The van der Waals surface area contributed by atoms with E-state index in [0.717, 1.165) is 3.57 Å². The summed E-state index contributed by atoms with van der Waals surface area (Å²) < 4.78 is 14.7. The number of nitrogens with one attached hydrogen (secondary N) is 2. The molecule has 4 nitrogen and oxygen atoms in total. The van der Waals surface area contributed by atoms with Gasteiger partial charge in [-0.15, -0.1) is 0 Å². The van der Waals surface area contributed by atoms with Crippen LogP contribution >= 0.6 is 22.6 Å². The van der Waals surface area contributed by atoms with Crippen LogP contribution in [0.1, 0.15) is 17.3 Å². The van der Waals surface area contributed by atoms with E-state index in [1.165, 1.54) is 6.07 Å². The van der Waals surface area contributed by atoms with Crippen LogP contribution in [0.3, 0.4) is 0 Å². The molecule has 2 rings (SSSR count). The van der Waals surface area contributed by atoms with Gasteiger partial charge in [0.1, 0.15) is 5.82 Å². The summed E-state index contributed by atoms with van der Waals surface area (Å²) in [6, 6.07) is 11.7. The van der Waals surface area contributed by atoms with Crippen LogP contribution in [0.5, 0.6) is 0 Å². The molecule has 0 spiro atoms. The van der Waals surface area contributed by atoms with Crippen molar-refractivity contribution in [2.45, 2.75) is 13.0 Å². The number of carbonyl (C=O) groups excluding carboxylic acids is 1. The van der Waals surface area contributed by atoms with Crippen molar-refractivity contribution in [1.29, 1.82) is 0 Å². The number of para-hydroxylation sites is 1. The first kappa shape index (κ1) is 16.7. The lowest BCUT2D eigenvalue weighted by atomic mass is 10.1. The molecule has 0 aliphatic carbocycles. The van der Waals surface area contributed by atoms with Gasteiger partial charge in [-0.3, -0.25) is 4.79 Å². The first-order valence-corrected chi connectivity index (χ1v) is 7.82. The van der Waals surface area contributed by atoms with E-state index in [1.807, 2.05) is 22.6 Å². The van der Waals surface area contributed by atoms with Crippen molar-refractivity contribution in [3.63, 3.8) is 0 Å². The van der Waals surface area contributed by atoms with Crippen LogP contribution in [0.2, 0.25) is 0 Å². The molecular formula is C16H16FIN2O2. The van der Waals surface area contributed by atoms with E-state index in [1.54, 1.807) is 43.3 Å². The molecule has 2 aromatic carbocycles. The standard InChI is InChI=1S/C16H16FIN2O2/c1-10(21)9-19-16(22)12-4-2-3-5-14(12)20-15-7-6-11(18)8-13(15)17/h2-8,10,20-21H,9H2,1H3,(H,19,22)/t10-/m1/s1. The Balaban J connectivity index is 2.22. The fourth-order valence-electron chi connectivity index (χ4n) is 1.86. The smallest absolute Gasteiger partial charge is 0.253 e. The Bertz CT molecular complexity index is 677. The Hall–Kier alpha value is -1.67. The number of carbonyl (C=O) groups is 1. The maximum Gasteiger partial charge on any atom is 0.253 e. The number of hydrogen-bond donors (Lipinski definition) is 3. The highest BCUT2D eigenvalue weighted by molar-refractivity contribution is 14.1. The zero-order chi connectivity index (χ0) is 16.1. The van der Waals surface area contributed by atoms with Gasteiger partial charge in [0.2, 0.25) is 0 Å². The van der Waals surface area contributed by atoms with Crippen molar-refractivity contribution >= 4 is 39.9 Å². The fourth-order valence-corrected chi connectivity index (χ4v) is 2.31. The molecular weight excluding hydrogens is 398 g/mol. The van der Waals surface area contributed by atoms with Gasteiger partial charge in [-0.05, 0) is 59.8 Å². The lowest BCUT2D eigenvalue weighted by Gasteiger charge is -2.13. The summed E-state index contributed by atoms with van der Waals surface area (Å²) in [5, 5.41) is 14.8. The van der Waals surface area contributed by atoms with E-state index in [0.29, 0.717) is 16.9 Å². The van der Waals surface area contributed by atoms with Gasteiger partial charge in [-0.25, -0.2) is 4.39 Å². The average molecular weight is 414 g/mol. The van der Waals surface area contributed by atoms with Gasteiger partial charge in [0.05, 0.1) is 23.0 Å². The number of aliphatic hydroxyl groups is 1. The molecule has 0 bridgehead atoms. The predicted molar refractivity (Wildman–Crippen MR) is 92.9 cm³/mol. The van der Waals surface area contributed by atoms with Crippen LogP contribution < -0.4 is 10.6 Å². The number of halogens is 2. The van der Waals surface area contributed by atoms with Crippen molar-refractivity contribution in [2.24, 2.45) is 0 Å². The van der Waals surface area contributed by atoms with Crippen LogP contribution in [-0.2, 0) is 0 Å². The molecule has 1 amide bonds. The zero-order valence-electron chi connectivity index (χ0n) is 11.9. The Morgan fingerprint density at radius 2 is 2.00 bits per heavy atom.